The van der Waals surface area contributed by atoms with E-state index < -0.39 is 5.97 Å². The van der Waals surface area contributed by atoms with E-state index in [9.17, 15) is 9.90 Å². The molecule has 1 fully saturated rings. The Labute approximate surface area is 213 Å². The van der Waals surface area contributed by atoms with Gasteiger partial charge < -0.3 is 19.9 Å². The first-order valence-electron chi connectivity index (χ1n) is 13.2. The van der Waals surface area contributed by atoms with Crippen LogP contribution in [0, 0.1) is 12.8 Å². The van der Waals surface area contributed by atoms with Crippen LogP contribution in [0.3, 0.4) is 0 Å². The second-order valence-electron chi connectivity index (χ2n) is 10.5. The lowest BCUT2D eigenvalue weighted by Crippen LogP contribution is -2.28. The minimum atomic E-state index is -0.749. The molecule has 5 rings (SSSR count). The number of carboxylic acid groups (broad SMARTS) is 1. The van der Waals surface area contributed by atoms with Gasteiger partial charge >= 0.3 is 5.97 Å². The van der Waals surface area contributed by atoms with Crippen LogP contribution in [0.25, 0.3) is 11.4 Å². The summed E-state index contributed by atoms with van der Waals surface area (Å²) in [4.78, 5) is 23.7. The number of anilines is 1. The molecule has 190 valence electrons. The van der Waals surface area contributed by atoms with Crippen LogP contribution in [0.5, 0.6) is 0 Å². The number of nitrogens with one attached hydrogen (secondary N) is 1. The van der Waals surface area contributed by atoms with Crippen molar-refractivity contribution in [3.63, 3.8) is 0 Å². The first kappa shape index (κ1) is 24.5. The average molecular weight is 488 g/mol. The first-order valence-corrected chi connectivity index (χ1v) is 13.2. The zero-order valence-electron chi connectivity index (χ0n) is 21.4. The minimum Gasteiger partial charge on any atom is -0.481 e. The second kappa shape index (κ2) is 10.8. The number of rotatable bonds is 9. The lowest BCUT2D eigenvalue weighted by Gasteiger charge is -2.24. The molecular weight excluding hydrogens is 450 g/mol. The van der Waals surface area contributed by atoms with Crippen LogP contribution in [0.2, 0.25) is 0 Å². The van der Waals surface area contributed by atoms with Crippen LogP contribution in [-0.4, -0.2) is 56.7 Å². The van der Waals surface area contributed by atoms with Crippen molar-refractivity contribution >= 4 is 11.8 Å². The SMILES string of the molecule is Cc1cn(C)c(-c2cccc(C(CC(=O)O)CN3CC[C@@H](CCc4ccc5c(n4)NCCC5)C3)c2)n1. The highest BCUT2D eigenvalue weighted by molar-refractivity contribution is 5.68. The van der Waals surface area contributed by atoms with Gasteiger partial charge in [0.05, 0.1) is 12.1 Å². The molecule has 1 saturated heterocycles. The molecule has 2 aromatic heterocycles. The normalized spacial score (nSPS) is 18.6. The van der Waals surface area contributed by atoms with Crippen LogP contribution in [0.15, 0.2) is 42.6 Å². The van der Waals surface area contributed by atoms with Gasteiger partial charge in [-0.2, -0.15) is 0 Å². The van der Waals surface area contributed by atoms with Gasteiger partial charge in [0.15, 0.2) is 0 Å². The summed E-state index contributed by atoms with van der Waals surface area (Å²) in [5.41, 5.74) is 5.59. The van der Waals surface area contributed by atoms with E-state index in [-0.39, 0.29) is 12.3 Å². The molecule has 0 amide bonds. The summed E-state index contributed by atoms with van der Waals surface area (Å²) in [7, 11) is 2.00. The van der Waals surface area contributed by atoms with Crippen molar-refractivity contribution in [3.05, 3.63) is 65.1 Å². The molecular formula is C29H37N5O2. The van der Waals surface area contributed by atoms with Gasteiger partial charge in [0.2, 0.25) is 0 Å². The fourth-order valence-corrected chi connectivity index (χ4v) is 5.80. The highest BCUT2D eigenvalue weighted by Gasteiger charge is 2.27. The van der Waals surface area contributed by atoms with E-state index in [4.69, 9.17) is 4.98 Å². The van der Waals surface area contributed by atoms with Gasteiger partial charge in [0.1, 0.15) is 11.6 Å². The van der Waals surface area contributed by atoms with Crippen molar-refractivity contribution in [1.82, 2.24) is 19.4 Å². The van der Waals surface area contributed by atoms with Crippen LogP contribution in [0.4, 0.5) is 5.82 Å². The minimum absolute atomic E-state index is 0.0454. The summed E-state index contributed by atoms with van der Waals surface area (Å²) >= 11 is 0. The van der Waals surface area contributed by atoms with E-state index in [2.05, 4.69) is 45.5 Å². The summed E-state index contributed by atoms with van der Waals surface area (Å²) in [6.07, 6.45) is 7.73. The van der Waals surface area contributed by atoms with E-state index in [1.54, 1.807) is 0 Å². The molecule has 2 aliphatic heterocycles. The Kier molecular flexibility index (Phi) is 7.37. The smallest absolute Gasteiger partial charge is 0.304 e. The van der Waals surface area contributed by atoms with Gasteiger partial charge in [-0.05, 0) is 74.8 Å². The number of nitrogens with zero attached hydrogens (tertiary/aromatic N) is 4. The van der Waals surface area contributed by atoms with E-state index in [0.29, 0.717) is 5.92 Å². The van der Waals surface area contributed by atoms with Crippen LogP contribution < -0.4 is 5.32 Å². The Bertz CT molecular complexity index is 1220. The number of benzene rings is 1. The van der Waals surface area contributed by atoms with Crippen molar-refractivity contribution in [3.8, 4) is 11.4 Å². The lowest BCUT2D eigenvalue weighted by atomic mass is 9.93. The largest absolute Gasteiger partial charge is 0.481 e. The monoisotopic (exact) mass is 487 g/mol. The third-order valence-electron chi connectivity index (χ3n) is 7.64. The number of aliphatic carboxylic acids is 1. The van der Waals surface area contributed by atoms with Crippen molar-refractivity contribution < 1.29 is 9.90 Å². The van der Waals surface area contributed by atoms with Crippen LogP contribution in [0.1, 0.15) is 54.1 Å². The molecule has 0 spiro atoms. The van der Waals surface area contributed by atoms with Gasteiger partial charge in [-0.1, -0.05) is 24.3 Å². The first-order chi connectivity index (χ1) is 17.4. The predicted molar refractivity (Wildman–Crippen MR) is 142 cm³/mol. The number of carboxylic acids is 1. The van der Waals surface area contributed by atoms with Crippen molar-refractivity contribution in [2.75, 3.05) is 31.5 Å². The number of pyridine rings is 1. The zero-order valence-corrected chi connectivity index (χ0v) is 21.4. The molecule has 1 aromatic carbocycles. The highest BCUT2D eigenvalue weighted by Crippen LogP contribution is 2.30. The summed E-state index contributed by atoms with van der Waals surface area (Å²) < 4.78 is 2.03. The number of likely N-dealkylation sites (tertiary alicyclic amines) is 1. The topological polar surface area (TPSA) is 83.3 Å². The Morgan fingerprint density at radius 1 is 1.25 bits per heavy atom. The number of aryl methyl sites for hydroxylation is 4. The summed E-state index contributed by atoms with van der Waals surface area (Å²) in [6.45, 7) is 5.83. The van der Waals surface area contributed by atoms with Crippen molar-refractivity contribution in [1.29, 1.82) is 0 Å². The lowest BCUT2D eigenvalue weighted by molar-refractivity contribution is -0.137. The molecule has 0 saturated carbocycles. The molecule has 1 unspecified atom stereocenters. The van der Waals surface area contributed by atoms with Gasteiger partial charge in [0, 0.05) is 50.1 Å². The molecule has 0 radical (unpaired) electrons. The number of hydrogen-bond donors (Lipinski definition) is 2. The Morgan fingerprint density at radius 3 is 2.94 bits per heavy atom. The quantitative estimate of drug-likeness (QED) is 0.457. The molecule has 0 bridgehead atoms. The third-order valence-corrected chi connectivity index (χ3v) is 7.64. The maximum Gasteiger partial charge on any atom is 0.304 e. The molecule has 3 aromatic rings. The highest BCUT2D eigenvalue weighted by atomic mass is 16.4. The average Bonchev–Trinajstić information content (AvgIpc) is 3.47. The fraction of sp³-hybridized carbons (Fsp3) is 0.483. The number of fused-ring (bicyclic) bond motifs is 1. The number of hydrogen-bond acceptors (Lipinski definition) is 5. The molecule has 4 heterocycles. The van der Waals surface area contributed by atoms with Gasteiger partial charge in [-0.15, -0.1) is 0 Å². The third kappa shape index (κ3) is 5.78. The Hall–Kier alpha value is -3.19. The Balaban J connectivity index is 1.21. The summed E-state index contributed by atoms with van der Waals surface area (Å²) in [6, 6.07) is 12.7. The zero-order chi connectivity index (χ0) is 25.1. The number of carbonyl (C=O) groups is 1. The molecule has 2 aliphatic rings. The van der Waals surface area contributed by atoms with Gasteiger partial charge in [-0.3, -0.25) is 4.79 Å². The van der Waals surface area contributed by atoms with Crippen molar-refractivity contribution in [2.24, 2.45) is 13.0 Å². The fourth-order valence-electron chi connectivity index (χ4n) is 5.80. The number of aromatic nitrogens is 3. The molecule has 2 N–H and O–H groups in total. The maximum absolute atomic E-state index is 11.7. The molecule has 2 atom stereocenters. The van der Waals surface area contributed by atoms with Gasteiger partial charge in [0.25, 0.3) is 0 Å². The Morgan fingerprint density at radius 2 is 2.14 bits per heavy atom. The van der Waals surface area contributed by atoms with E-state index in [0.717, 1.165) is 80.3 Å². The summed E-state index contributed by atoms with van der Waals surface area (Å²) in [5, 5.41) is 13.1. The second-order valence-corrected chi connectivity index (χ2v) is 10.5. The molecule has 7 nitrogen and oxygen atoms in total. The summed E-state index contributed by atoms with van der Waals surface area (Å²) in [5.74, 6) is 1.82. The van der Waals surface area contributed by atoms with E-state index >= 15 is 0 Å². The van der Waals surface area contributed by atoms with Crippen LogP contribution in [-0.2, 0) is 24.7 Å². The van der Waals surface area contributed by atoms with E-state index in [1.807, 2.05) is 30.8 Å². The molecule has 36 heavy (non-hydrogen) atoms. The van der Waals surface area contributed by atoms with E-state index in [1.165, 1.54) is 17.7 Å². The molecule has 7 heteroatoms. The molecule has 0 aliphatic carbocycles. The standard InChI is InChI=1S/C29H37N5O2/c1-20-17-33(2)29(31-20)24-6-3-5-23(15-24)25(16-27(35)36)19-34-14-12-21(18-34)8-10-26-11-9-22-7-4-13-30-28(22)32-26/h3,5-6,9,11,15,17,21,25H,4,7-8,10,12-14,16,18-19H2,1-2H3,(H,30,32)(H,35,36)/t21-,25?/m1/s1. The van der Waals surface area contributed by atoms with Crippen molar-refractivity contribution in [2.45, 2.75) is 51.4 Å². The van der Waals surface area contributed by atoms with Crippen LogP contribution >= 0.6 is 0 Å². The number of imidazole rings is 1. The predicted octanol–water partition coefficient (Wildman–Crippen LogP) is 4.66. The maximum atomic E-state index is 11.7. The van der Waals surface area contributed by atoms with Gasteiger partial charge in [-0.25, -0.2) is 9.97 Å².